The fourth-order valence-corrected chi connectivity index (χ4v) is 1.65. The molecule has 0 aliphatic rings. The maximum Gasteiger partial charge on any atom is 0.296 e. The van der Waals surface area contributed by atoms with E-state index in [2.05, 4.69) is 0 Å². The monoisotopic (exact) mass is 201 g/mol. The van der Waals surface area contributed by atoms with Crippen molar-refractivity contribution in [3.63, 3.8) is 0 Å². The van der Waals surface area contributed by atoms with Gasteiger partial charge in [0.1, 0.15) is 4.90 Å². The van der Waals surface area contributed by atoms with Gasteiger partial charge in [0.2, 0.25) is 0 Å². The molecule has 1 aromatic carbocycles. The van der Waals surface area contributed by atoms with E-state index in [0.29, 0.717) is 0 Å². The van der Waals surface area contributed by atoms with Crippen LogP contribution < -0.4 is 5.73 Å². The van der Waals surface area contributed by atoms with Crippen LogP contribution in [-0.4, -0.2) is 13.0 Å². The molecule has 5 heteroatoms. The third-order valence-corrected chi connectivity index (χ3v) is 2.69. The zero-order valence-corrected chi connectivity index (χ0v) is 8.00. The molecular weight excluding hydrogens is 190 g/mol. The van der Waals surface area contributed by atoms with Gasteiger partial charge in [-0.15, -0.1) is 0 Å². The van der Waals surface area contributed by atoms with E-state index in [4.69, 9.17) is 10.3 Å². The molecule has 0 spiro atoms. The molecule has 0 bridgehead atoms. The van der Waals surface area contributed by atoms with Crippen LogP contribution >= 0.6 is 0 Å². The molecule has 3 N–H and O–H groups in total. The Kier molecular flexibility index (Phi) is 2.58. The van der Waals surface area contributed by atoms with Gasteiger partial charge < -0.3 is 5.73 Å². The molecule has 0 heterocycles. The van der Waals surface area contributed by atoms with E-state index in [1.165, 1.54) is 6.07 Å². The minimum absolute atomic E-state index is 0.0850. The highest BCUT2D eigenvalue weighted by Gasteiger charge is 2.12. The van der Waals surface area contributed by atoms with Gasteiger partial charge in [0.25, 0.3) is 10.1 Å². The van der Waals surface area contributed by atoms with Crippen LogP contribution in [-0.2, 0) is 16.5 Å². The number of hydrogen-bond acceptors (Lipinski definition) is 3. The Labute approximate surface area is 77.1 Å². The van der Waals surface area contributed by atoms with Crippen LogP contribution in [0.25, 0.3) is 0 Å². The van der Waals surface area contributed by atoms with Crippen LogP contribution in [0.15, 0.2) is 23.1 Å². The lowest BCUT2D eigenvalue weighted by Crippen LogP contribution is -2.03. The smallest absolute Gasteiger partial charge is 0.296 e. The van der Waals surface area contributed by atoms with Crippen molar-refractivity contribution in [3.05, 3.63) is 23.8 Å². The summed E-state index contributed by atoms with van der Waals surface area (Å²) in [6.07, 6.45) is 0.774. The number of nitrogens with two attached hydrogens (primary N) is 1. The number of hydrogen-bond donors (Lipinski definition) is 2. The molecule has 0 aromatic heterocycles. The minimum atomic E-state index is -4.18. The molecule has 0 fully saturated rings. The normalized spacial score (nSPS) is 11.5. The molecule has 0 saturated heterocycles. The van der Waals surface area contributed by atoms with E-state index in [-0.39, 0.29) is 10.6 Å². The first-order chi connectivity index (χ1) is 5.95. The molecule has 0 atom stereocenters. The van der Waals surface area contributed by atoms with Gasteiger partial charge in [-0.05, 0) is 24.1 Å². The quantitative estimate of drug-likeness (QED) is 0.554. The van der Waals surface area contributed by atoms with Crippen molar-refractivity contribution >= 4 is 15.8 Å². The second-order valence-corrected chi connectivity index (χ2v) is 4.09. The number of rotatable bonds is 2. The van der Waals surface area contributed by atoms with Gasteiger partial charge in [-0.25, -0.2) is 0 Å². The highest BCUT2D eigenvalue weighted by Crippen LogP contribution is 2.19. The number of nitrogen functional groups attached to an aromatic ring is 1. The Balaban J connectivity index is 3.29. The molecule has 1 aromatic rings. The summed E-state index contributed by atoms with van der Waals surface area (Å²) in [5.41, 5.74) is 6.46. The second kappa shape index (κ2) is 3.35. The first kappa shape index (κ1) is 10.0. The largest absolute Gasteiger partial charge is 0.398 e. The molecule has 4 nitrogen and oxygen atoms in total. The molecule has 0 unspecified atom stereocenters. The number of anilines is 1. The highest BCUT2D eigenvalue weighted by molar-refractivity contribution is 7.86. The van der Waals surface area contributed by atoms with E-state index in [1.807, 2.05) is 6.92 Å². The lowest BCUT2D eigenvalue weighted by atomic mass is 10.1. The van der Waals surface area contributed by atoms with Crippen molar-refractivity contribution in [2.24, 2.45) is 0 Å². The maximum absolute atomic E-state index is 10.7. The van der Waals surface area contributed by atoms with Gasteiger partial charge in [0.15, 0.2) is 0 Å². The topological polar surface area (TPSA) is 80.4 Å². The zero-order chi connectivity index (χ0) is 10.1. The molecule has 0 saturated carbocycles. The lowest BCUT2D eigenvalue weighted by Gasteiger charge is -2.03. The third-order valence-electron chi connectivity index (χ3n) is 1.76. The Morgan fingerprint density at radius 1 is 1.46 bits per heavy atom. The summed E-state index contributed by atoms with van der Waals surface area (Å²) in [5.74, 6) is 0. The average molecular weight is 201 g/mol. The summed E-state index contributed by atoms with van der Waals surface area (Å²) in [6.45, 7) is 1.93. The van der Waals surface area contributed by atoms with E-state index >= 15 is 0 Å². The minimum Gasteiger partial charge on any atom is -0.398 e. The van der Waals surface area contributed by atoms with Crippen molar-refractivity contribution in [1.29, 1.82) is 0 Å². The molecule has 0 amide bonds. The Morgan fingerprint density at radius 3 is 2.46 bits per heavy atom. The third kappa shape index (κ3) is 2.19. The Hall–Kier alpha value is -1.07. The Bertz CT molecular complexity index is 411. The summed E-state index contributed by atoms with van der Waals surface area (Å²) in [6, 6.07) is 4.48. The van der Waals surface area contributed by atoms with E-state index in [9.17, 15) is 8.42 Å². The van der Waals surface area contributed by atoms with Gasteiger partial charge in [-0.1, -0.05) is 13.0 Å². The van der Waals surface area contributed by atoms with Crippen molar-refractivity contribution in [2.75, 3.05) is 5.73 Å². The van der Waals surface area contributed by atoms with Gasteiger partial charge in [0.05, 0.1) is 5.69 Å². The molecule has 1 rings (SSSR count). The first-order valence-corrected chi connectivity index (χ1v) is 5.25. The highest BCUT2D eigenvalue weighted by atomic mass is 32.2. The maximum atomic E-state index is 10.7. The van der Waals surface area contributed by atoms with E-state index in [0.717, 1.165) is 12.0 Å². The van der Waals surface area contributed by atoms with Crippen LogP contribution in [0.4, 0.5) is 5.69 Å². The van der Waals surface area contributed by atoms with E-state index < -0.39 is 10.1 Å². The fraction of sp³-hybridized carbons (Fsp3) is 0.250. The van der Waals surface area contributed by atoms with Crippen LogP contribution in [0.2, 0.25) is 0 Å². The molecule has 72 valence electrons. The SMILES string of the molecule is CCc1ccc(S(=O)(=O)O)c(N)c1. The lowest BCUT2D eigenvalue weighted by molar-refractivity contribution is 0.483. The molecule has 0 aliphatic heterocycles. The predicted octanol–water partition coefficient (Wildman–Crippen LogP) is 1.08. The molecule has 13 heavy (non-hydrogen) atoms. The Morgan fingerprint density at radius 2 is 2.08 bits per heavy atom. The first-order valence-electron chi connectivity index (χ1n) is 3.81. The molecule has 0 aliphatic carbocycles. The fourth-order valence-electron chi connectivity index (χ4n) is 1.05. The standard InChI is InChI=1S/C8H11NO3S/c1-2-6-3-4-8(7(9)5-6)13(10,11)12/h3-5H,2,9H2,1H3,(H,10,11,12). The van der Waals surface area contributed by atoms with Gasteiger partial charge in [-0.3, -0.25) is 4.55 Å². The summed E-state index contributed by atoms with van der Waals surface area (Å²) in [7, 11) is -4.18. The van der Waals surface area contributed by atoms with Crippen molar-refractivity contribution < 1.29 is 13.0 Å². The summed E-state index contributed by atoms with van der Waals surface area (Å²) in [5, 5.41) is 0. The zero-order valence-electron chi connectivity index (χ0n) is 7.19. The van der Waals surface area contributed by atoms with Crippen molar-refractivity contribution in [3.8, 4) is 0 Å². The molecule has 0 radical (unpaired) electrons. The summed E-state index contributed by atoms with van der Waals surface area (Å²) in [4.78, 5) is -0.232. The van der Waals surface area contributed by atoms with Crippen LogP contribution in [0, 0.1) is 0 Å². The van der Waals surface area contributed by atoms with Crippen LogP contribution in [0.3, 0.4) is 0 Å². The number of benzene rings is 1. The van der Waals surface area contributed by atoms with Crippen molar-refractivity contribution in [1.82, 2.24) is 0 Å². The van der Waals surface area contributed by atoms with Gasteiger partial charge >= 0.3 is 0 Å². The molecular formula is C8H11NO3S. The van der Waals surface area contributed by atoms with Crippen molar-refractivity contribution in [2.45, 2.75) is 18.2 Å². The van der Waals surface area contributed by atoms with Crippen LogP contribution in [0.1, 0.15) is 12.5 Å². The van der Waals surface area contributed by atoms with Crippen LogP contribution in [0.5, 0.6) is 0 Å². The predicted molar refractivity (Wildman–Crippen MR) is 50.0 cm³/mol. The van der Waals surface area contributed by atoms with E-state index in [1.54, 1.807) is 12.1 Å². The van der Waals surface area contributed by atoms with Gasteiger partial charge in [0, 0.05) is 0 Å². The van der Waals surface area contributed by atoms with Gasteiger partial charge in [-0.2, -0.15) is 8.42 Å². The average Bonchev–Trinajstić information content (AvgIpc) is 2.01. The second-order valence-electron chi connectivity index (χ2n) is 2.70. The number of aryl methyl sites for hydroxylation is 1. The summed E-state index contributed by atoms with van der Waals surface area (Å²) < 4.78 is 30.2. The summed E-state index contributed by atoms with van der Waals surface area (Å²) >= 11 is 0.